The van der Waals surface area contributed by atoms with Crippen LogP contribution >= 0.6 is 0 Å². The minimum atomic E-state index is 0. The van der Waals surface area contributed by atoms with E-state index in [1.54, 1.807) is 0 Å². The Morgan fingerprint density at radius 1 is 0.958 bits per heavy atom. The van der Waals surface area contributed by atoms with Gasteiger partial charge in [0.15, 0.2) is 0 Å². The van der Waals surface area contributed by atoms with Crippen LogP contribution in [0, 0.1) is 59.9 Å². The van der Waals surface area contributed by atoms with Crippen LogP contribution in [0.25, 0.3) is 10.8 Å². The number of fused-ring (bicyclic) bond motifs is 3. The molecule has 0 aliphatic heterocycles. The summed E-state index contributed by atoms with van der Waals surface area (Å²) in [5.41, 5.74) is 7.87. The number of hydrogen-bond acceptors (Lipinski definition) is 1. The van der Waals surface area contributed by atoms with Crippen molar-refractivity contribution in [2.75, 3.05) is 0 Å². The molecule has 0 heterocycles. The minimum Gasteiger partial charge on any atom is -0.258 e. The number of rotatable bonds is 2. The fraction of sp³-hybridized carbons (Fsp3) is 0.227. The fourth-order valence-corrected chi connectivity index (χ4v) is 3.60. The van der Waals surface area contributed by atoms with Crippen molar-refractivity contribution in [2.24, 2.45) is 4.99 Å². The van der Waals surface area contributed by atoms with Gasteiger partial charge in [-0.25, -0.2) is 0 Å². The Morgan fingerprint density at radius 3 is 2.50 bits per heavy atom. The molecule has 4 rings (SSSR count). The van der Waals surface area contributed by atoms with Crippen molar-refractivity contribution < 1.29 is 46.9 Å². The first-order valence-corrected chi connectivity index (χ1v) is 8.33. The van der Waals surface area contributed by atoms with E-state index in [-0.39, 0.29) is 46.9 Å². The Bertz CT molecular complexity index is 924. The minimum absolute atomic E-state index is 0. The van der Waals surface area contributed by atoms with E-state index in [0.29, 0.717) is 0 Å². The van der Waals surface area contributed by atoms with Crippen LogP contribution in [0.1, 0.15) is 29.2 Å². The first-order valence-electron chi connectivity index (χ1n) is 8.33. The Kier molecular flexibility index (Phi) is 5.64. The Morgan fingerprint density at radius 2 is 1.67 bits per heavy atom. The molecule has 128 valence electrons. The van der Waals surface area contributed by atoms with Crippen LogP contribution in [0.2, 0.25) is 0 Å². The second kappa shape index (κ2) is 7.56. The molecular formula is C22H20NYb-. The van der Waals surface area contributed by atoms with Crippen LogP contribution < -0.4 is 0 Å². The van der Waals surface area contributed by atoms with Crippen molar-refractivity contribution in [2.45, 2.75) is 33.1 Å². The molecule has 1 nitrogen and oxygen atoms in total. The van der Waals surface area contributed by atoms with Gasteiger partial charge in [0, 0.05) is 52.6 Å². The molecule has 0 atom stereocenters. The topological polar surface area (TPSA) is 12.4 Å². The van der Waals surface area contributed by atoms with Gasteiger partial charge in [-0.3, -0.25) is 4.99 Å². The summed E-state index contributed by atoms with van der Waals surface area (Å²) < 4.78 is 0. The van der Waals surface area contributed by atoms with E-state index in [1.165, 1.54) is 38.7 Å². The third-order valence-electron chi connectivity index (χ3n) is 4.80. The molecule has 0 aromatic heterocycles. The summed E-state index contributed by atoms with van der Waals surface area (Å²) in [5, 5.41) is 2.56. The molecule has 0 spiro atoms. The summed E-state index contributed by atoms with van der Waals surface area (Å²) in [6.07, 6.45) is 2.94. The van der Waals surface area contributed by atoms with Crippen LogP contribution in [0.3, 0.4) is 0 Å². The number of aryl methyl sites for hydroxylation is 2. The molecule has 1 aliphatic carbocycles. The van der Waals surface area contributed by atoms with Crippen molar-refractivity contribution in [3.05, 3.63) is 76.9 Å². The summed E-state index contributed by atoms with van der Waals surface area (Å²) in [6, 6.07) is 20.6. The smallest absolute Gasteiger partial charge is 0.0660 e. The molecule has 1 aliphatic rings. The number of hydrogen-bond donors (Lipinski definition) is 0. The maximum absolute atomic E-state index is 4.99. The van der Waals surface area contributed by atoms with Gasteiger partial charge in [-0.05, 0) is 30.9 Å². The van der Waals surface area contributed by atoms with Gasteiger partial charge in [0.1, 0.15) is 0 Å². The Balaban J connectivity index is 0.00000169. The first-order chi connectivity index (χ1) is 11.3. The van der Waals surface area contributed by atoms with E-state index < -0.39 is 0 Å². The number of benzene rings is 3. The molecule has 3 aromatic carbocycles. The first kappa shape index (κ1) is 17.9. The molecule has 24 heavy (non-hydrogen) atoms. The number of para-hydroxylation sites is 1. The molecule has 2 heteroatoms. The van der Waals surface area contributed by atoms with Crippen LogP contribution in [0.5, 0.6) is 0 Å². The average Bonchev–Trinajstić information content (AvgIpc) is 3.00. The van der Waals surface area contributed by atoms with Gasteiger partial charge in [-0.15, -0.1) is 45.7 Å². The molecule has 3 aromatic rings. The maximum Gasteiger partial charge on any atom is 0.0660 e. The quantitative estimate of drug-likeness (QED) is 0.445. The zero-order valence-corrected chi connectivity index (χ0v) is 15.7. The van der Waals surface area contributed by atoms with Crippen molar-refractivity contribution >= 4 is 22.2 Å². The third-order valence-corrected chi connectivity index (χ3v) is 4.80. The molecule has 0 unspecified atom stereocenters. The van der Waals surface area contributed by atoms with Crippen LogP contribution in [-0.2, 0) is 19.3 Å². The van der Waals surface area contributed by atoms with Crippen molar-refractivity contribution in [3.8, 4) is 0 Å². The molecule has 0 bridgehead atoms. The largest absolute Gasteiger partial charge is 0.258 e. The SMILES string of the molecule is CCc1ccccc1N=C1Cc2c(C)[c-]c3ccccc3c2C1.[Yb]. The molecule has 0 fully saturated rings. The molecular weight excluding hydrogens is 451 g/mol. The third kappa shape index (κ3) is 3.27. The van der Waals surface area contributed by atoms with Gasteiger partial charge in [0.2, 0.25) is 0 Å². The van der Waals surface area contributed by atoms with Gasteiger partial charge >= 0.3 is 0 Å². The number of aliphatic imine (C=N–C) groups is 1. The summed E-state index contributed by atoms with van der Waals surface area (Å²) in [5.74, 6) is 0. The summed E-state index contributed by atoms with van der Waals surface area (Å²) in [6.45, 7) is 4.36. The molecule has 0 radical (unpaired) electrons. The van der Waals surface area contributed by atoms with E-state index in [9.17, 15) is 0 Å². The normalized spacial score (nSPS) is 14.7. The molecule has 0 N–H and O–H groups in total. The van der Waals surface area contributed by atoms with E-state index in [2.05, 4.69) is 68.4 Å². The van der Waals surface area contributed by atoms with E-state index in [4.69, 9.17) is 4.99 Å². The average molecular weight is 471 g/mol. The molecule has 0 saturated carbocycles. The van der Waals surface area contributed by atoms with Crippen LogP contribution in [0.15, 0.2) is 53.5 Å². The van der Waals surface area contributed by atoms with Gasteiger partial charge < -0.3 is 0 Å². The zero-order valence-electron chi connectivity index (χ0n) is 14.0. The van der Waals surface area contributed by atoms with E-state index in [0.717, 1.165) is 24.9 Å². The van der Waals surface area contributed by atoms with Crippen LogP contribution in [-0.4, -0.2) is 5.71 Å². The second-order valence-corrected chi connectivity index (χ2v) is 6.27. The summed E-state index contributed by atoms with van der Waals surface area (Å²) in [7, 11) is 0. The predicted octanol–water partition coefficient (Wildman–Crippen LogP) is 5.38. The monoisotopic (exact) mass is 472 g/mol. The second-order valence-electron chi connectivity index (χ2n) is 6.27. The predicted molar refractivity (Wildman–Crippen MR) is 97.8 cm³/mol. The van der Waals surface area contributed by atoms with Crippen LogP contribution in [0.4, 0.5) is 5.69 Å². The van der Waals surface area contributed by atoms with E-state index >= 15 is 0 Å². The molecule has 0 amide bonds. The van der Waals surface area contributed by atoms with Gasteiger partial charge in [-0.1, -0.05) is 44.2 Å². The van der Waals surface area contributed by atoms with Gasteiger partial charge in [0.05, 0.1) is 5.69 Å². The van der Waals surface area contributed by atoms with Crippen molar-refractivity contribution in [1.29, 1.82) is 0 Å². The van der Waals surface area contributed by atoms with Gasteiger partial charge in [0.25, 0.3) is 0 Å². The Labute approximate surface area is 182 Å². The molecule has 0 saturated heterocycles. The Hall–Kier alpha value is -0.891. The summed E-state index contributed by atoms with van der Waals surface area (Å²) in [4.78, 5) is 4.99. The summed E-state index contributed by atoms with van der Waals surface area (Å²) >= 11 is 0. The zero-order chi connectivity index (χ0) is 15.8. The standard InChI is InChI=1S/C22H20N.Yb/c1-3-16-8-5-7-11-22(16)23-18-13-20-15(2)12-17-9-4-6-10-19(17)21(20)14-18;/h4-11H,3,13-14H2,1-2H3;/q-1;. The van der Waals surface area contributed by atoms with E-state index in [1.807, 2.05) is 0 Å². The number of nitrogens with zero attached hydrogens (tertiary/aromatic N) is 1. The van der Waals surface area contributed by atoms with Crippen molar-refractivity contribution in [1.82, 2.24) is 0 Å². The van der Waals surface area contributed by atoms with Gasteiger partial charge in [-0.2, -0.15) is 0 Å². The van der Waals surface area contributed by atoms with Crippen molar-refractivity contribution in [3.63, 3.8) is 0 Å². The fourth-order valence-electron chi connectivity index (χ4n) is 3.60. The maximum atomic E-state index is 4.99.